The second kappa shape index (κ2) is 4.80. The maximum Gasteiger partial charge on any atom is 0.256 e. The van der Waals surface area contributed by atoms with Gasteiger partial charge >= 0.3 is 0 Å². The number of halogens is 1. The van der Waals surface area contributed by atoms with Gasteiger partial charge in [0, 0.05) is 5.56 Å². The van der Waals surface area contributed by atoms with E-state index in [1.54, 1.807) is 0 Å². The first-order valence-corrected chi connectivity index (χ1v) is 5.11. The highest BCUT2D eigenvalue weighted by Gasteiger charge is 2.06. The average Bonchev–Trinajstić information content (AvgIpc) is 2.33. The lowest BCUT2D eigenvalue weighted by Crippen LogP contribution is -2.12. The van der Waals surface area contributed by atoms with Crippen LogP contribution in [0, 0.1) is 0 Å². The summed E-state index contributed by atoms with van der Waals surface area (Å²) in [5.74, 6) is 0.0851. The van der Waals surface area contributed by atoms with Crippen LogP contribution in [0.4, 0.5) is 5.82 Å². The van der Waals surface area contributed by atoms with Crippen molar-refractivity contribution in [2.45, 2.75) is 0 Å². The Morgan fingerprint density at radius 2 is 1.88 bits per heavy atom. The Labute approximate surface area is 102 Å². The number of nitrogens with zero attached hydrogens (tertiary/aromatic N) is 2. The molecule has 0 spiro atoms. The van der Waals surface area contributed by atoms with E-state index in [1.165, 1.54) is 36.7 Å². The third-order valence-electron chi connectivity index (χ3n) is 1.99. The number of aromatic hydroxyl groups is 1. The minimum atomic E-state index is -0.332. The summed E-state index contributed by atoms with van der Waals surface area (Å²) in [4.78, 5) is 19.4. The van der Waals surface area contributed by atoms with E-state index < -0.39 is 0 Å². The summed E-state index contributed by atoms with van der Waals surface area (Å²) < 4.78 is 0. The molecule has 1 aromatic carbocycles. The number of nitrogens with one attached hydrogen (secondary N) is 1. The summed E-state index contributed by atoms with van der Waals surface area (Å²) in [6.45, 7) is 0. The Morgan fingerprint density at radius 3 is 2.47 bits per heavy atom. The molecule has 6 heteroatoms. The summed E-state index contributed by atoms with van der Waals surface area (Å²) in [7, 11) is 0. The van der Waals surface area contributed by atoms with Crippen molar-refractivity contribution in [3.05, 3.63) is 47.4 Å². The largest absolute Gasteiger partial charge is 0.508 e. The number of hydrogen-bond donors (Lipinski definition) is 2. The molecule has 2 N–H and O–H groups in total. The smallest absolute Gasteiger partial charge is 0.256 e. The quantitative estimate of drug-likeness (QED) is 0.855. The fraction of sp³-hybridized carbons (Fsp3) is 0. The second-order valence-electron chi connectivity index (χ2n) is 3.23. The van der Waals surface area contributed by atoms with Gasteiger partial charge in [-0.15, -0.1) is 0 Å². The molecule has 2 rings (SSSR count). The van der Waals surface area contributed by atoms with Crippen LogP contribution >= 0.6 is 11.6 Å². The molecule has 0 aliphatic carbocycles. The first-order valence-electron chi connectivity index (χ1n) is 4.73. The molecule has 5 nitrogen and oxygen atoms in total. The van der Waals surface area contributed by atoms with Gasteiger partial charge in [0.25, 0.3) is 5.91 Å². The van der Waals surface area contributed by atoms with Crippen LogP contribution in [-0.4, -0.2) is 21.0 Å². The number of phenolic OH excluding ortho intramolecular Hbond substituents is 1. The van der Waals surface area contributed by atoms with E-state index in [1.807, 2.05) is 0 Å². The third kappa shape index (κ3) is 2.92. The lowest BCUT2D eigenvalue weighted by Gasteiger charge is -2.03. The summed E-state index contributed by atoms with van der Waals surface area (Å²) in [5, 5.41) is 11.9. The molecule has 0 saturated carbocycles. The Morgan fingerprint density at radius 1 is 1.18 bits per heavy atom. The lowest BCUT2D eigenvalue weighted by atomic mass is 10.2. The van der Waals surface area contributed by atoms with Gasteiger partial charge in [0.2, 0.25) is 0 Å². The molecular formula is C11H8ClN3O2. The fourth-order valence-corrected chi connectivity index (χ4v) is 1.28. The first kappa shape index (κ1) is 11.3. The fourth-order valence-electron chi connectivity index (χ4n) is 1.18. The molecule has 0 saturated heterocycles. The third-order valence-corrected chi connectivity index (χ3v) is 2.19. The van der Waals surface area contributed by atoms with Crippen LogP contribution in [0.15, 0.2) is 36.7 Å². The van der Waals surface area contributed by atoms with Crippen molar-refractivity contribution in [2.75, 3.05) is 5.32 Å². The van der Waals surface area contributed by atoms with Crippen LogP contribution in [0.3, 0.4) is 0 Å². The normalized spacial score (nSPS) is 9.94. The van der Waals surface area contributed by atoms with Crippen LogP contribution in [0.25, 0.3) is 0 Å². The van der Waals surface area contributed by atoms with Crippen molar-refractivity contribution in [1.29, 1.82) is 0 Å². The maximum absolute atomic E-state index is 11.7. The Bertz CT molecular complexity index is 525. The molecule has 0 unspecified atom stereocenters. The Balaban J connectivity index is 2.11. The number of hydrogen-bond acceptors (Lipinski definition) is 4. The standard InChI is InChI=1S/C11H8ClN3O2/c12-9-5-14-10(6-13-9)15-11(17)7-1-3-8(16)4-2-7/h1-6,16H,(H,14,15,17). The minimum Gasteiger partial charge on any atom is -0.508 e. The van der Waals surface area contributed by atoms with Crippen molar-refractivity contribution in [1.82, 2.24) is 9.97 Å². The molecule has 0 bridgehead atoms. The highest BCUT2D eigenvalue weighted by atomic mass is 35.5. The van der Waals surface area contributed by atoms with Gasteiger partial charge in [0.1, 0.15) is 10.9 Å². The molecule has 1 heterocycles. The van der Waals surface area contributed by atoms with Crippen molar-refractivity contribution in [3.63, 3.8) is 0 Å². The number of rotatable bonds is 2. The number of phenols is 1. The van der Waals surface area contributed by atoms with E-state index in [0.717, 1.165) is 0 Å². The van der Waals surface area contributed by atoms with Crippen molar-refractivity contribution in [2.24, 2.45) is 0 Å². The van der Waals surface area contributed by atoms with E-state index in [9.17, 15) is 4.79 Å². The van der Waals surface area contributed by atoms with Crippen LogP contribution in [0.2, 0.25) is 5.15 Å². The molecule has 1 aromatic heterocycles. The molecular weight excluding hydrogens is 242 g/mol. The Hall–Kier alpha value is -2.14. The molecule has 0 radical (unpaired) electrons. The zero-order valence-corrected chi connectivity index (χ0v) is 9.35. The minimum absolute atomic E-state index is 0.104. The maximum atomic E-state index is 11.7. The Kier molecular flexibility index (Phi) is 3.20. The molecule has 0 fully saturated rings. The average molecular weight is 250 g/mol. The highest BCUT2D eigenvalue weighted by Crippen LogP contribution is 2.11. The zero-order chi connectivity index (χ0) is 12.3. The van der Waals surface area contributed by atoms with Crippen LogP contribution in [0.5, 0.6) is 5.75 Å². The van der Waals surface area contributed by atoms with Gasteiger partial charge in [-0.3, -0.25) is 4.79 Å². The van der Waals surface area contributed by atoms with Gasteiger partial charge in [-0.1, -0.05) is 11.6 Å². The molecule has 86 valence electrons. The summed E-state index contributed by atoms with van der Waals surface area (Å²) in [5.41, 5.74) is 0.416. The van der Waals surface area contributed by atoms with Crippen molar-refractivity contribution in [3.8, 4) is 5.75 Å². The second-order valence-corrected chi connectivity index (χ2v) is 3.61. The van der Waals surface area contributed by atoms with Gasteiger partial charge in [0.05, 0.1) is 12.4 Å². The van der Waals surface area contributed by atoms with Gasteiger partial charge in [-0.05, 0) is 24.3 Å². The number of amides is 1. The monoisotopic (exact) mass is 249 g/mol. The van der Waals surface area contributed by atoms with E-state index in [-0.39, 0.29) is 16.8 Å². The van der Waals surface area contributed by atoms with Gasteiger partial charge in [-0.25, -0.2) is 9.97 Å². The number of carbonyl (C=O) groups excluding carboxylic acids is 1. The van der Waals surface area contributed by atoms with Crippen LogP contribution in [0.1, 0.15) is 10.4 Å². The van der Waals surface area contributed by atoms with Crippen LogP contribution in [-0.2, 0) is 0 Å². The van der Waals surface area contributed by atoms with Crippen molar-refractivity contribution < 1.29 is 9.90 Å². The predicted octanol–water partition coefficient (Wildman–Crippen LogP) is 2.09. The lowest BCUT2D eigenvalue weighted by molar-refractivity contribution is 0.102. The summed E-state index contributed by atoms with van der Waals surface area (Å²) >= 11 is 5.57. The van der Waals surface area contributed by atoms with Gasteiger partial charge < -0.3 is 10.4 Å². The first-order chi connectivity index (χ1) is 8.15. The molecule has 17 heavy (non-hydrogen) atoms. The van der Waals surface area contributed by atoms with E-state index in [0.29, 0.717) is 11.4 Å². The van der Waals surface area contributed by atoms with E-state index in [4.69, 9.17) is 16.7 Å². The van der Waals surface area contributed by atoms with Gasteiger partial charge in [-0.2, -0.15) is 0 Å². The summed E-state index contributed by atoms with van der Waals surface area (Å²) in [6.07, 6.45) is 2.70. The molecule has 1 amide bonds. The number of anilines is 1. The molecule has 0 atom stereocenters. The number of benzene rings is 1. The van der Waals surface area contributed by atoms with Crippen molar-refractivity contribution >= 4 is 23.3 Å². The highest BCUT2D eigenvalue weighted by molar-refractivity contribution is 6.29. The topological polar surface area (TPSA) is 75.1 Å². The number of carbonyl (C=O) groups is 1. The SMILES string of the molecule is O=C(Nc1cnc(Cl)cn1)c1ccc(O)cc1. The molecule has 0 aliphatic heterocycles. The van der Waals surface area contributed by atoms with Gasteiger partial charge in [0.15, 0.2) is 5.82 Å². The summed E-state index contributed by atoms with van der Waals surface area (Å²) in [6, 6.07) is 5.88. The molecule has 2 aromatic rings. The predicted molar refractivity (Wildman–Crippen MR) is 63.1 cm³/mol. The van der Waals surface area contributed by atoms with E-state index >= 15 is 0 Å². The molecule has 0 aliphatic rings. The number of aromatic nitrogens is 2. The zero-order valence-electron chi connectivity index (χ0n) is 8.59. The van der Waals surface area contributed by atoms with Crippen LogP contribution < -0.4 is 5.32 Å². The van der Waals surface area contributed by atoms with E-state index in [2.05, 4.69) is 15.3 Å².